The van der Waals surface area contributed by atoms with E-state index < -0.39 is 54.3 Å². The van der Waals surface area contributed by atoms with Crippen LogP contribution in [-0.2, 0) is 44.9 Å². The lowest BCUT2D eigenvalue weighted by molar-refractivity contribution is -0.137. The van der Waals surface area contributed by atoms with Crippen molar-refractivity contribution in [1.29, 1.82) is 0 Å². The molecule has 24 heteroatoms. The molecule has 11 amide bonds. The molecule has 0 fully saturated rings. The molecule has 79 heavy (non-hydrogen) atoms. The third-order valence-electron chi connectivity index (χ3n) is 12.3. The number of ether oxygens (including phenoxy) is 1. The van der Waals surface area contributed by atoms with Crippen LogP contribution < -0.4 is 53.4 Å². The number of fused-ring (bicyclic) bond motifs is 1. The fourth-order valence-corrected chi connectivity index (χ4v) is 8.30. The van der Waals surface area contributed by atoms with E-state index in [4.69, 9.17) is 16.2 Å². The minimum atomic E-state index is -1.09. The van der Waals surface area contributed by atoms with Crippen molar-refractivity contribution < 1.29 is 52.7 Å². The summed E-state index contributed by atoms with van der Waals surface area (Å²) in [6.07, 6.45) is 11.0. The van der Waals surface area contributed by atoms with Crippen molar-refractivity contribution in [3.8, 4) is 5.75 Å². The van der Waals surface area contributed by atoms with E-state index in [1.807, 2.05) is 18.7 Å². The molecule has 2 aromatic carbocycles. The number of amides is 11. The van der Waals surface area contributed by atoms with E-state index in [-0.39, 0.29) is 93.0 Å². The molecule has 24 nitrogen and oxygen atoms in total. The van der Waals surface area contributed by atoms with Gasteiger partial charge in [0.1, 0.15) is 23.7 Å². The molecular formula is C55H71N13O11. The van der Waals surface area contributed by atoms with Gasteiger partial charge >= 0.3 is 6.03 Å². The van der Waals surface area contributed by atoms with Gasteiger partial charge in [0, 0.05) is 86.3 Å². The minimum absolute atomic E-state index is 0.0344. The predicted octanol–water partition coefficient (Wildman–Crippen LogP) is 3.07. The molecule has 0 bridgehead atoms. The van der Waals surface area contributed by atoms with Crippen molar-refractivity contribution in [2.24, 2.45) is 22.4 Å². The smallest absolute Gasteiger partial charge is 0.312 e. The minimum Gasteiger partial charge on any atom is -0.484 e. The largest absolute Gasteiger partial charge is 0.484 e. The zero-order valence-corrected chi connectivity index (χ0v) is 45.0. The highest BCUT2D eigenvalue weighted by Crippen LogP contribution is 2.29. The van der Waals surface area contributed by atoms with E-state index in [0.717, 1.165) is 17.7 Å². The number of urea groups is 1. The molecule has 0 aliphatic carbocycles. The third-order valence-corrected chi connectivity index (χ3v) is 12.3. The van der Waals surface area contributed by atoms with Crippen LogP contribution in [0.4, 0.5) is 21.9 Å². The van der Waals surface area contributed by atoms with Crippen molar-refractivity contribution in [2.75, 3.05) is 50.0 Å². The Balaban J connectivity index is 1.04. The maximum Gasteiger partial charge on any atom is 0.312 e. The van der Waals surface area contributed by atoms with Gasteiger partial charge in [0.25, 0.3) is 23.6 Å². The van der Waals surface area contributed by atoms with Crippen molar-refractivity contribution in [3.63, 3.8) is 0 Å². The van der Waals surface area contributed by atoms with Gasteiger partial charge in [-0.25, -0.2) is 9.79 Å². The molecule has 11 N–H and O–H groups in total. The van der Waals surface area contributed by atoms with Gasteiger partial charge in [-0.15, -0.1) is 0 Å². The summed E-state index contributed by atoms with van der Waals surface area (Å²) in [5.41, 5.74) is 14.6. The number of carbonyl (C=O) groups excluding carboxylic acids is 10. The first-order valence-corrected chi connectivity index (χ1v) is 26.3. The summed E-state index contributed by atoms with van der Waals surface area (Å²) >= 11 is 0. The lowest BCUT2D eigenvalue weighted by atomic mass is 10.0. The molecule has 5 rings (SSSR count). The number of carbonyl (C=O) groups is 10. The standard InChI is InChI=1S/C55H71N13O11/c1-5-22-67(23-6-2)54(77)38-26-36-13-14-37(27-43(36)64-44(56)28-38)51(74)63-40-25-35(29-58-31-40)30-60-46(70)32-61-47(71)33-79-41-17-15-39(16-18-41)62-52(75)42(11-10-21-59-55(57)78)65-53(76)50(34(3)4)66-45(69)12-8-7-9-24-68-48(72)19-20-49(68)73/h13-20,25-27,29,31,34,42,50H,5-12,21-24,28,30,32-33H2,1-4H3,(H2,56,64)(H,60,70)(H,61,71)(H,62,75)(H,63,74)(H,65,76)(H,66,69)(H3,57,59,78)/t42-,50?/m0/s1. The Bertz CT molecular complexity index is 2790. The maximum atomic E-state index is 13.6. The Kier molecular flexibility index (Phi) is 23.7. The molecule has 3 aromatic rings. The number of nitrogens with two attached hydrogens (primary N) is 2. The topological polar surface area (TPSA) is 348 Å². The SMILES string of the molecule is CCCN(CCC)C(=O)C1=Cc2ccc(C(=O)Nc3cncc(CNC(=O)CNC(=O)COc4ccc(NC(=O)[C@H](CCCNC(N)=O)NC(=O)C(NC(=O)CCCCCN5C(=O)C=CC5=O)C(C)C)cc4)c3)cc2N=C(N)C1. The number of benzene rings is 2. The molecule has 1 aromatic heterocycles. The summed E-state index contributed by atoms with van der Waals surface area (Å²) in [6, 6.07) is 9.81. The number of aromatic nitrogens is 1. The molecular weight excluding hydrogens is 1020 g/mol. The summed E-state index contributed by atoms with van der Waals surface area (Å²) in [4.78, 5) is 138. The lowest BCUT2D eigenvalue weighted by Gasteiger charge is -2.25. The van der Waals surface area contributed by atoms with Crippen LogP contribution in [0.2, 0.25) is 0 Å². The number of unbranched alkanes of at least 4 members (excludes halogenated alkanes) is 2. The van der Waals surface area contributed by atoms with Gasteiger partial charge in [-0.2, -0.15) is 0 Å². The molecule has 422 valence electrons. The van der Waals surface area contributed by atoms with E-state index in [1.165, 1.54) is 48.8 Å². The monoisotopic (exact) mass is 1090 g/mol. The van der Waals surface area contributed by atoms with Gasteiger partial charge in [-0.05, 0) is 98.5 Å². The van der Waals surface area contributed by atoms with E-state index in [2.05, 4.69) is 47.2 Å². The van der Waals surface area contributed by atoms with Crippen LogP contribution in [0.3, 0.4) is 0 Å². The zero-order chi connectivity index (χ0) is 57.4. The number of rotatable bonds is 30. The van der Waals surface area contributed by atoms with Crippen molar-refractivity contribution >= 4 is 88.2 Å². The van der Waals surface area contributed by atoms with E-state index in [0.29, 0.717) is 71.7 Å². The Morgan fingerprint density at radius 3 is 2.18 bits per heavy atom. The van der Waals surface area contributed by atoms with Crippen LogP contribution in [0.15, 0.2) is 83.6 Å². The number of hydrogen-bond acceptors (Lipinski definition) is 14. The second kappa shape index (κ2) is 30.7. The highest BCUT2D eigenvalue weighted by Gasteiger charge is 2.29. The average molecular weight is 1090 g/mol. The number of anilines is 2. The fourth-order valence-electron chi connectivity index (χ4n) is 8.30. The fraction of sp³-hybridized carbons (Fsp3) is 0.418. The van der Waals surface area contributed by atoms with Crippen molar-refractivity contribution in [3.05, 3.63) is 95.3 Å². The molecule has 0 spiro atoms. The summed E-state index contributed by atoms with van der Waals surface area (Å²) in [7, 11) is 0. The number of aliphatic imine (C=N–C) groups is 1. The highest BCUT2D eigenvalue weighted by molar-refractivity contribution is 6.13. The number of pyridine rings is 1. The van der Waals surface area contributed by atoms with Crippen molar-refractivity contribution in [2.45, 2.75) is 104 Å². The molecule has 0 saturated carbocycles. The number of hydrogen-bond donors (Lipinski definition) is 9. The summed E-state index contributed by atoms with van der Waals surface area (Å²) < 4.78 is 5.58. The van der Waals surface area contributed by atoms with Crippen LogP contribution in [0.25, 0.3) is 6.08 Å². The second-order valence-corrected chi connectivity index (χ2v) is 19.2. The molecule has 3 heterocycles. The van der Waals surface area contributed by atoms with Crippen LogP contribution >= 0.6 is 0 Å². The van der Waals surface area contributed by atoms with Gasteiger partial charge in [0.15, 0.2) is 6.61 Å². The summed E-state index contributed by atoms with van der Waals surface area (Å²) in [6.45, 7) is 8.39. The van der Waals surface area contributed by atoms with Gasteiger partial charge in [0.2, 0.25) is 29.5 Å². The van der Waals surface area contributed by atoms with E-state index in [1.54, 1.807) is 44.2 Å². The number of imide groups is 1. The van der Waals surface area contributed by atoms with Gasteiger partial charge in [-0.1, -0.05) is 40.2 Å². The highest BCUT2D eigenvalue weighted by atomic mass is 16.5. The normalized spacial score (nSPS) is 13.4. The molecule has 1 unspecified atom stereocenters. The summed E-state index contributed by atoms with van der Waals surface area (Å²) in [5, 5.41) is 18.6. The van der Waals surface area contributed by atoms with Crippen LogP contribution in [0.1, 0.15) is 107 Å². The predicted molar refractivity (Wildman–Crippen MR) is 295 cm³/mol. The maximum absolute atomic E-state index is 13.6. The summed E-state index contributed by atoms with van der Waals surface area (Å²) in [5.74, 6) is -3.77. The first-order valence-electron chi connectivity index (χ1n) is 26.3. The van der Waals surface area contributed by atoms with Gasteiger partial charge < -0.3 is 58.3 Å². The molecule has 2 aliphatic heterocycles. The van der Waals surface area contributed by atoms with E-state index in [9.17, 15) is 47.9 Å². The van der Waals surface area contributed by atoms with Gasteiger partial charge in [-0.3, -0.25) is 53.0 Å². The van der Waals surface area contributed by atoms with Crippen LogP contribution in [-0.4, -0.2) is 131 Å². The number of nitrogens with one attached hydrogen (secondary N) is 7. The van der Waals surface area contributed by atoms with Gasteiger partial charge in [0.05, 0.1) is 24.1 Å². The number of amidine groups is 1. The number of primary amides is 1. The van der Waals surface area contributed by atoms with Crippen molar-refractivity contribution in [1.82, 2.24) is 41.4 Å². The average Bonchev–Trinajstić information content (AvgIpc) is 3.66. The molecule has 2 aliphatic rings. The quantitative estimate of drug-likeness (QED) is 0.0343. The first kappa shape index (κ1) is 60.9. The van der Waals surface area contributed by atoms with E-state index >= 15 is 0 Å². The lowest BCUT2D eigenvalue weighted by Crippen LogP contribution is -2.54. The first-order chi connectivity index (χ1) is 37.8. The second-order valence-electron chi connectivity index (χ2n) is 19.2. The zero-order valence-electron chi connectivity index (χ0n) is 45.0. The third kappa shape index (κ3) is 19.8. The Morgan fingerprint density at radius 2 is 1.49 bits per heavy atom. The Labute approximate surface area is 458 Å². The molecule has 2 atom stereocenters. The number of nitrogens with zero attached hydrogens (tertiary/aromatic N) is 4. The van der Waals surface area contributed by atoms with Crippen LogP contribution in [0.5, 0.6) is 5.75 Å². The Hall–Kier alpha value is -8.96. The Morgan fingerprint density at radius 1 is 0.772 bits per heavy atom. The molecule has 0 saturated heterocycles. The molecule has 0 radical (unpaired) electrons. The van der Waals surface area contributed by atoms with Crippen LogP contribution in [0, 0.1) is 5.92 Å².